The molecule has 0 spiro atoms. The first-order chi connectivity index (χ1) is 16.1. The molecular formula is C26H32N2O4S2. The maximum Gasteiger partial charge on any atom is 0.341 e. The van der Waals surface area contributed by atoms with Crippen molar-refractivity contribution in [3.05, 3.63) is 51.9 Å². The van der Waals surface area contributed by atoms with Crippen LogP contribution in [-0.4, -0.2) is 30.7 Å². The molecule has 0 aliphatic heterocycles. The smallest absolute Gasteiger partial charge is 0.341 e. The molecule has 0 radical (unpaired) electrons. The first kappa shape index (κ1) is 25.9. The molecule has 1 aromatic carbocycles. The van der Waals surface area contributed by atoms with Crippen LogP contribution in [0.3, 0.4) is 0 Å². The van der Waals surface area contributed by atoms with Crippen molar-refractivity contribution < 1.29 is 19.1 Å². The summed E-state index contributed by atoms with van der Waals surface area (Å²) >= 11 is 6.87. The van der Waals surface area contributed by atoms with E-state index in [-0.39, 0.29) is 16.4 Å². The van der Waals surface area contributed by atoms with E-state index in [0.29, 0.717) is 23.1 Å². The van der Waals surface area contributed by atoms with E-state index < -0.39 is 5.97 Å². The summed E-state index contributed by atoms with van der Waals surface area (Å²) < 4.78 is 10.5. The lowest BCUT2D eigenvalue weighted by molar-refractivity contribution is -0.115. The number of fused-ring (bicyclic) bond motifs is 1. The van der Waals surface area contributed by atoms with Crippen LogP contribution in [0.25, 0.3) is 6.08 Å². The number of anilines is 1. The minimum atomic E-state index is -0.390. The van der Waals surface area contributed by atoms with Gasteiger partial charge in [0, 0.05) is 11.0 Å². The van der Waals surface area contributed by atoms with E-state index in [1.165, 1.54) is 29.4 Å². The molecule has 1 unspecified atom stereocenters. The van der Waals surface area contributed by atoms with Gasteiger partial charge < -0.3 is 14.8 Å². The van der Waals surface area contributed by atoms with Crippen molar-refractivity contribution in [3.63, 3.8) is 0 Å². The quantitative estimate of drug-likeness (QED) is 0.305. The Morgan fingerprint density at radius 2 is 1.94 bits per heavy atom. The molecule has 1 atom stereocenters. The van der Waals surface area contributed by atoms with E-state index in [2.05, 4.69) is 31.4 Å². The number of benzene rings is 1. The van der Waals surface area contributed by atoms with Crippen molar-refractivity contribution in [2.24, 2.45) is 11.3 Å². The number of rotatable bonds is 6. The van der Waals surface area contributed by atoms with Crippen LogP contribution in [0.1, 0.15) is 60.5 Å². The zero-order valence-corrected chi connectivity index (χ0v) is 22.0. The third-order valence-electron chi connectivity index (χ3n) is 5.96. The Hall–Kier alpha value is -2.71. The fourth-order valence-corrected chi connectivity index (χ4v) is 5.62. The molecule has 2 N–H and O–H groups in total. The van der Waals surface area contributed by atoms with E-state index in [0.717, 1.165) is 36.1 Å². The predicted molar refractivity (Wildman–Crippen MR) is 142 cm³/mol. The van der Waals surface area contributed by atoms with Gasteiger partial charge in [0.15, 0.2) is 5.11 Å². The number of nitrogens with one attached hydrogen (secondary N) is 2. The summed E-state index contributed by atoms with van der Waals surface area (Å²) in [6.45, 7) is 9.29. The van der Waals surface area contributed by atoms with Crippen molar-refractivity contribution in [1.82, 2.24) is 5.32 Å². The van der Waals surface area contributed by atoms with E-state index in [4.69, 9.17) is 21.7 Å². The van der Waals surface area contributed by atoms with E-state index >= 15 is 0 Å². The molecule has 34 heavy (non-hydrogen) atoms. The Balaban J connectivity index is 1.68. The highest BCUT2D eigenvalue weighted by Gasteiger charge is 2.34. The summed E-state index contributed by atoms with van der Waals surface area (Å²) in [5, 5.41) is 6.46. The first-order valence-corrected chi connectivity index (χ1v) is 12.6. The fraction of sp³-hybridized carbons (Fsp3) is 0.423. The minimum absolute atomic E-state index is 0.137. The number of amides is 1. The zero-order valence-electron chi connectivity index (χ0n) is 20.3. The summed E-state index contributed by atoms with van der Waals surface area (Å²) in [7, 11) is 1.38. The molecule has 1 heterocycles. The Bertz CT molecular complexity index is 1080. The highest BCUT2D eigenvalue weighted by molar-refractivity contribution is 7.80. The Labute approximate surface area is 210 Å². The second kappa shape index (κ2) is 11.1. The Kier molecular flexibility index (Phi) is 8.49. The van der Waals surface area contributed by atoms with Gasteiger partial charge in [-0.2, -0.15) is 0 Å². The monoisotopic (exact) mass is 500 g/mol. The summed E-state index contributed by atoms with van der Waals surface area (Å²) in [5.74, 6) is 0.568. The standard InChI is InChI=1S/C26H32N2O4S2/c1-6-32-18-11-7-16(8-12-18)9-14-21(29)27-25(33)28-23-22(24(30)31-5)19-13-10-17(26(2,3)4)15-20(19)34-23/h7-9,11-12,14,17H,6,10,13,15H2,1-5H3,(H2,27,28,29,33)/b14-9+. The van der Waals surface area contributed by atoms with Crippen LogP contribution in [0.5, 0.6) is 5.75 Å². The highest BCUT2D eigenvalue weighted by atomic mass is 32.1. The number of esters is 1. The largest absolute Gasteiger partial charge is 0.494 e. The molecule has 0 fully saturated rings. The van der Waals surface area contributed by atoms with Crippen molar-refractivity contribution >= 4 is 51.6 Å². The van der Waals surface area contributed by atoms with Crippen molar-refractivity contribution in [2.75, 3.05) is 19.0 Å². The van der Waals surface area contributed by atoms with Gasteiger partial charge >= 0.3 is 5.97 Å². The maximum atomic E-state index is 12.6. The topological polar surface area (TPSA) is 76.7 Å². The molecule has 6 nitrogen and oxygen atoms in total. The molecular weight excluding hydrogens is 468 g/mol. The maximum absolute atomic E-state index is 12.6. The lowest BCUT2D eigenvalue weighted by atomic mass is 9.72. The molecule has 8 heteroatoms. The molecule has 1 amide bonds. The molecule has 182 valence electrons. The number of hydrogen-bond donors (Lipinski definition) is 2. The van der Waals surface area contributed by atoms with Crippen LogP contribution < -0.4 is 15.4 Å². The normalized spacial score (nSPS) is 15.5. The van der Waals surface area contributed by atoms with Crippen molar-refractivity contribution in [3.8, 4) is 5.75 Å². The van der Waals surface area contributed by atoms with Crippen molar-refractivity contribution in [1.29, 1.82) is 0 Å². The summed E-state index contributed by atoms with van der Waals surface area (Å²) in [6.07, 6.45) is 5.87. The average molecular weight is 501 g/mol. The minimum Gasteiger partial charge on any atom is -0.494 e. The van der Waals surface area contributed by atoms with Gasteiger partial charge in [0.05, 0.1) is 19.3 Å². The predicted octanol–water partition coefficient (Wildman–Crippen LogP) is 5.61. The molecule has 3 rings (SSSR count). The van der Waals surface area contributed by atoms with Crippen LogP contribution in [0.15, 0.2) is 30.3 Å². The van der Waals surface area contributed by atoms with Crippen LogP contribution in [0.2, 0.25) is 0 Å². The number of ether oxygens (including phenoxy) is 2. The Morgan fingerprint density at radius 1 is 1.24 bits per heavy atom. The molecule has 0 saturated heterocycles. The number of carbonyl (C=O) groups is 2. The van der Waals surface area contributed by atoms with Crippen LogP contribution >= 0.6 is 23.6 Å². The van der Waals surface area contributed by atoms with Crippen LogP contribution in [0, 0.1) is 11.3 Å². The van der Waals surface area contributed by atoms with Gasteiger partial charge in [-0.15, -0.1) is 11.3 Å². The molecule has 0 saturated carbocycles. The van der Waals surface area contributed by atoms with Gasteiger partial charge in [0.2, 0.25) is 5.91 Å². The average Bonchev–Trinajstić information content (AvgIpc) is 3.14. The second-order valence-corrected chi connectivity index (χ2v) is 10.8. The number of thiocarbonyl (C=S) groups is 1. The summed E-state index contributed by atoms with van der Waals surface area (Å²) in [5.41, 5.74) is 2.62. The second-order valence-electron chi connectivity index (χ2n) is 9.28. The third-order valence-corrected chi connectivity index (χ3v) is 7.34. The van der Waals surface area contributed by atoms with Crippen LogP contribution in [-0.2, 0) is 22.4 Å². The SMILES string of the molecule is CCOc1ccc(/C=C/C(=O)NC(=S)Nc2sc3c(c2C(=O)OC)CCC(C(C)(C)C)C3)cc1. The van der Waals surface area contributed by atoms with Gasteiger partial charge in [0.1, 0.15) is 10.8 Å². The molecule has 2 aromatic rings. The molecule has 1 aliphatic carbocycles. The van der Waals surface area contributed by atoms with Gasteiger partial charge in [-0.05, 0) is 79.1 Å². The molecule has 1 aromatic heterocycles. The Morgan fingerprint density at radius 3 is 2.56 bits per heavy atom. The van der Waals surface area contributed by atoms with Gasteiger partial charge in [0.25, 0.3) is 0 Å². The van der Waals surface area contributed by atoms with Crippen LogP contribution in [0.4, 0.5) is 5.00 Å². The van der Waals surface area contributed by atoms with Gasteiger partial charge in [-0.3, -0.25) is 10.1 Å². The summed E-state index contributed by atoms with van der Waals surface area (Å²) in [4.78, 5) is 26.1. The van der Waals surface area contributed by atoms with Gasteiger partial charge in [-0.25, -0.2) is 4.79 Å². The number of hydrogen-bond acceptors (Lipinski definition) is 6. The lowest BCUT2D eigenvalue weighted by Gasteiger charge is -2.33. The summed E-state index contributed by atoms with van der Waals surface area (Å²) in [6, 6.07) is 7.44. The van der Waals surface area contributed by atoms with Crippen molar-refractivity contribution in [2.45, 2.75) is 47.0 Å². The molecule has 1 aliphatic rings. The zero-order chi connectivity index (χ0) is 24.9. The lowest BCUT2D eigenvalue weighted by Crippen LogP contribution is -2.33. The van der Waals surface area contributed by atoms with E-state index in [1.54, 1.807) is 6.08 Å². The van der Waals surface area contributed by atoms with E-state index in [9.17, 15) is 9.59 Å². The third kappa shape index (κ3) is 6.45. The number of methoxy groups -OCH3 is 1. The highest BCUT2D eigenvalue weighted by Crippen LogP contribution is 2.44. The number of thiophene rings is 1. The van der Waals surface area contributed by atoms with Gasteiger partial charge in [-0.1, -0.05) is 32.9 Å². The number of carbonyl (C=O) groups excluding carboxylic acids is 2. The van der Waals surface area contributed by atoms with E-state index in [1.807, 2.05) is 31.2 Å². The fourth-order valence-electron chi connectivity index (χ4n) is 4.03. The molecule has 0 bridgehead atoms. The first-order valence-electron chi connectivity index (χ1n) is 11.4.